The Morgan fingerprint density at radius 3 is 2.59 bits per heavy atom. The van der Waals surface area contributed by atoms with Crippen LogP contribution in [0.2, 0.25) is 0 Å². The number of aromatic nitrogens is 4. The first-order chi connectivity index (χ1) is 13.1. The highest BCUT2D eigenvalue weighted by Gasteiger charge is 2.19. The summed E-state index contributed by atoms with van der Waals surface area (Å²) in [5, 5.41) is 9.29. The Kier molecular flexibility index (Phi) is 4.81. The normalized spacial score (nSPS) is 12.3. The molecule has 1 atom stereocenters. The lowest BCUT2D eigenvalue weighted by molar-refractivity contribution is 0.509. The third-order valence-corrected chi connectivity index (χ3v) is 5.53. The van der Waals surface area contributed by atoms with Crippen LogP contribution in [0.15, 0.2) is 70.5 Å². The van der Waals surface area contributed by atoms with Gasteiger partial charge in [-0.05, 0) is 56.2 Å². The number of benzene rings is 2. The van der Waals surface area contributed by atoms with Crippen LogP contribution in [0.5, 0.6) is 0 Å². The molecule has 0 bridgehead atoms. The second-order valence-electron chi connectivity index (χ2n) is 6.42. The Morgan fingerprint density at radius 1 is 1.00 bits per heavy atom. The van der Waals surface area contributed by atoms with E-state index in [0.29, 0.717) is 11.8 Å². The zero-order valence-corrected chi connectivity index (χ0v) is 16.3. The minimum absolute atomic E-state index is 0.0114. The predicted molar refractivity (Wildman–Crippen MR) is 107 cm³/mol. The van der Waals surface area contributed by atoms with Crippen molar-refractivity contribution in [1.29, 1.82) is 0 Å². The molecule has 0 radical (unpaired) electrons. The molecule has 0 fully saturated rings. The van der Waals surface area contributed by atoms with Gasteiger partial charge in [-0.25, -0.2) is 4.98 Å². The summed E-state index contributed by atoms with van der Waals surface area (Å²) in [5.41, 5.74) is 4.56. The Labute approximate surface area is 162 Å². The van der Waals surface area contributed by atoms with Gasteiger partial charge in [0.05, 0.1) is 5.25 Å². The molecule has 0 amide bonds. The maximum absolute atomic E-state index is 5.88. The van der Waals surface area contributed by atoms with E-state index >= 15 is 0 Å². The summed E-state index contributed by atoms with van der Waals surface area (Å²) in [4.78, 5) is 4.51. The van der Waals surface area contributed by atoms with Gasteiger partial charge in [0.1, 0.15) is 0 Å². The molecular weight excluding hydrogens is 356 g/mol. The Morgan fingerprint density at radius 2 is 1.81 bits per heavy atom. The van der Waals surface area contributed by atoms with Crippen LogP contribution >= 0.6 is 11.8 Å². The van der Waals surface area contributed by atoms with Crippen LogP contribution < -0.4 is 0 Å². The predicted octanol–water partition coefficient (Wildman–Crippen LogP) is 5.39. The highest BCUT2D eigenvalue weighted by molar-refractivity contribution is 7.99. The number of hydrogen-bond acceptors (Lipinski definition) is 5. The van der Waals surface area contributed by atoms with Crippen LogP contribution in [0.25, 0.3) is 17.1 Å². The van der Waals surface area contributed by atoms with E-state index < -0.39 is 0 Å². The van der Waals surface area contributed by atoms with Crippen LogP contribution in [0.3, 0.4) is 0 Å². The SMILES string of the molecule is Cc1ccc(-n2ccnc2SC(C)c2nnc(-c3ccccc3)o2)cc1C. The lowest BCUT2D eigenvalue weighted by atomic mass is 10.1. The molecule has 2 aromatic heterocycles. The maximum atomic E-state index is 5.88. The number of thioether (sulfide) groups is 1. The fourth-order valence-electron chi connectivity index (χ4n) is 2.75. The van der Waals surface area contributed by atoms with Gasteiger partial charge in [0.25, 0.3) is 0 Å². The zero-order chi connectivity index (χ0) is 18.8. The largest absolute Gasteiger partial charge is 0.419 e. The van der Waals surface area contributed by atoms with Gasteiger partial charge in [0, 0.05) is 23.6 Å². The standard InChI is InChI=1S/C21H20N4OS/c1-14-9-10-18(13-15(14)2)25-12-11-22-21(25)27-16(3)19-23-24-20(26-19)17-7-5-4-6-8-17/h4-13,16H,1-3H3. The van der Waals surface area contributed by atoms with Crippen molar-refractivity contribution >= 4 is 11.8 Å². The molecular formula is C21H20N4OS. The van der Waals surface area contributed by atoms with Gasteiger partial charge in [-0.3, -0.25) is 4.57 Å². The fraction of sp³-hybridized carbons (Fsp3) is 0.190. The minimum atomic E-state index is -0.0114. The average Bonchev–Trinajstić information content (AvgIpc) is 3.34. The van der Waals surface area contributed by atoms with E-state index in [2.05, 4.69) is 51.8 Å². The fourth-order valence-corrected chi connectivity index (χ4v) is 3.67. The van der Waals surface area contributed by atoms with Gasteiger partial charge < -0.3 is 4.42 Å². The number of hydrogen-bond donors (Lipinski definition) is 0. The lowest BCUT2D eigenvalue weighted by Crippen LogP contribution is -1.98. The van der Waals surface area contributed by atoms with E-state index in [-0.39, 0.29) is 5.25 Å². The molecule has 0 spiro atoms. The van der Waals surface area contributed by atoms with Crippen molar-refractivity contribution < 1.29 is 4.42 Å². The van der Waals surface area contributed by atoms with Crippen LogP contribution in [0, 0.1) is 13.8 Å². The van der Waals surface area contributed by atoms with Crippen molar-refractivity contribution in [3.05, 3.63) is 77.9 Å². The van der Waals surface area contributed by atoms with Crippen molar-refractivity contribution in [2.24, 2.45) is 0 Å². The second-order valence-corrected chi connectivity index (χ2v) is 7.73. The Bertz CT molecular complexity index is 1060. The summed E-state index contributed by atoms with van der Waals surface area (Å²) in [6.07, 6.45) is 3.79. The van der Waals surface area contributed by atoms with E-state index in [1.807, 2.05) is 49.6 Å². The van der Waals surface area contributed by atoms with E-state index in [4.69, 9.17) is 4.42 Å². The molecule has 0 N–H and O–H groups in total. The van der Waals surface area contributed by atoms with Crippen molar-refractivity contribution in [2.75, 3.05) is 0 Å². The smallest absolute Gasteiger partial charge is 0.247 e. The first-order valence-corrected chi connectivity index (χ1v) is 9.66. The number of rotatable bonds is 5. The van der Waals surface area contributed by atoms with Gasteiger partial charge in [-0.2, -0.15) is 0 Å². The molecule has 2 heterocycles. The lowest BCUT2D eigenvalue weighted by Gasteiger charge is -2.11. The van der Waals surface area contributed by atoms with Crippen molar-refractivity contribution in [3.63, 3.8) is 0 Å². The molecule has 6 heteroatoms. The van der Waals surface area contributed by atoms with Gasteiger partial charge in [-0.15, -0.1) is 10.2 Å². The van der Waals surface area contributed by atoms with E-state index in [1.165, 1.54) is 11.1 Å². The average molecular weight is 376 g/mol. The van der Waals surface area contributed by atoms with Gasteiger partial charge >= 0.3 is 0 Å². The highest BCUT2D eigenvalue weighted by Crippen LogP contribution is 2.35. The first-order valence-electron chi connectivity index (χ1n) is 8.78. The molecule has 2 aromatic carbocycles. The minimum Gasteiger partial charge on any atom is -0.419 e. The van der Waals surface area contributed by atoms with E-state index in [1.54, 1.807) is 11.8 Å². The first kappa shape index (κ1) is 17.5. The summed E-state index contributed by atoms with van der Waals surface area (Å²) in [5.74, 6) is 1.13. The maximum Gasteiger partial charge on any atom is 0.247 e. The van der Waals surface area contributed by atoms with Gasteiger partial charge in [0.15, 0.2) is 5.16 Å². The molecule has 0 saturated carbocycles. The van der Waals surface area contributed by atoms with Gasteiger partial charge in [0.2, 0.25) is 11.8 Å². The summed E-state index contributed by atoms with van der Waals surface area (Å²) in [6, 6.07) is 16.2. The zero-order valence-electron chi connectivity index (χ0n) is 15.5. The summed E-state index contributed by atoms with van der Waals surface area (Å²) in [6.45, 7) is 6.28. The van der Waals surface area contributed by atoms with Crippen molar-refractivity contribution in [1.82, 2.24) is 19.7 Å². The molecule has 5 nitrogen and oxygen atoms in total. The van der Waals surface area contributed by atoms with E-state index in [9.17, 15) is 0 Å². The molecule has 0 aliphatic carbocycles. The van der Waals surface area contributed by atoms with Crippen molar-refractivity contribution in [3.8, 4) is 17.1 Å². The quantitative estimate of drug-likeness (QED) is 0.437. The summed E-state index contributed by atoms with van der Waals surface area (Å²) >= 11 is 1.60. The monoisotopic (exact) mass is 376 g/mol. The van der Waals surface area contributed by atoms with Crippen molar-refractivity contribution in [2.45, 2.75) is 31.2 Å². The Hall–Kier alpha value is -2.86. The molecule has 4 rings (SSSR count). The van der Waals surface area contributed by atoms with Crippen LogP contribution in [-0.4, -0.2) is 19.7 Å². The summed E-state index contributed by atoms with van der Waals surface area (Å²) < 4.78 is 7.97. The number of aryl methyl sites for hydroxylation is 2. The molecule has 0 aliphatic heterocycles. The summed E-state index contributed by atoms with van der Waals surface area (Å²) in [7, 11) is 0. The number of nitrogens with zero attached hydrogens (tertiary/aromatic N) is 4. The van der Waals surface area contributed by atoms with Crippen LogP contribution in [0.1, 0.15) is 29.2 Å². The molecule has 136 valence electrons. The topological polar surface area (TPSA) is 56.7 Å². The van der Waals surface area contributed by atoms with Gasteiger partial charge in [-0.1, -0.05) is 36.0 Å². The van der Waals surface area contributed by atoms with E-state index in [0.717, 1.165) is 16.4 Å². The van der Waals surface area contributed by atoms with Crippen LogP contribution in [-0.2, 0) is 0 Å². The third kappa shape index (κ3) is 3.66. The third-order valence-electron chi connectivity index (χ3n) is 4.47. The number of imidazole rings is 1. The molecule has 0 aliphatic rings. The molecule has 4 aromatic rings. The highest BCUT2D eigenvalue weighted by atomic mass is 32.2. The molecule has 1 unspecified atom stereocenters. The van der Waals surface area contributed by atoms with Crippen LogP contribution in [0.4, 0.5) is 0 Å². The second kappa shape index (κ2) is 7.40. The Balaban J connectivity index is 1.56. The molecule has 27 heavy (non-hydrogen) atoms. The molecule has 0 saturated heterocycles.